The third kappa shape index (κ3) is 2.60. The second-order valence-corrected chi connectivity index (χ2v) is 4.51. The molecule has 0 spiro atoms. The number of aromatic carboxylic acids is 1. The number of carbonyl (C=O) groups is 1. The van der Waals surface area contributed by atoms with Crippen molar-refractivity contribution in [3.8, 4) is 5.75 Å². The normalized spacial score (nSPS) is 10.1. The molecule has 0 bridgehead atoms. The van der Waals surface area contributed by atoms with Gasteiger partial charge in [-0.2, -0.15) is 0 Å². The van der Waals surface area contributed by atoms with Crippen molar-refractivity contribution >= 4 is 28.1 Å². The summed E-state index contributed by atoms with van der Waals surface area (Å²) in [6.07, 6.45) is 0. The molecule has 94 valence electrons. The third-order valence-electron chi connectivity index (χ3n) is 2.40. The fourth-order valence-corrected chi connectivity index (χ4v) is 2.14. The molecule has 0 unspecified atom stereocenters. The highest BCUT2D eigenvalue weighted by Gasteiger charge is 2.09. The Morgan fingerprint density at radius 3 is 2.83 bits per heavy atom. The Morgan fingerprint density at radius 1 is 1.50 bits per heavy atom. The van der Waals surface area contributed by atoms with Gasteiger partial charge in [0, 0.05) is 11.1 Å². The summed E-state index contributed by atoms with van der Waals surface area (Å²) in [6.45, 7) is 1.94. The van der Waals surface area contributed by atoms with Crippen molar-refractivity contribution in [1.82, 2.24) is 4.98 Å². The monoisotopic (exact) mass is 264 g/mol. The first-order valence-electron chi connectivity index (χ1n) is 5.20. The minimum Gasteiger partial charge on any atom is -0.497 e. The second kappa shape index (κ2) is 5.05. The highest BCUT2D eigenvalue weighted by Crippen LogP contribution is 2.26. The molecular formula is C12H12N2O3S. The number of aryl methyl sites for hydroxylation is 1. The quantitative estimate of drug-likeness (QED) is 0.888. The first-order valence-corrected chi connectivity index (χ1v) is 6.08. The molecule has 0 fully saturated rings. The largest absolute Gasteiger partial charge is 0.497 e. The van der Waals surface area contributed by atoms with Gasteiger partial charge in [-0.1, -0.05) is 0 Å². The average Bonchev–Trinajstić information content (AvgIpc) is 2.80. The maximum Gasteiger partial charge on any atom is 0.355 e. The number of aromatic nitrogens is 1. The van der Waals surface area contributed by atoms with E-state index < -0.39 is 5.97 Å². The predicted octanol–water partition coefficient (Wildman–Crippen LogP) is 2.90. The lowest BCUT2D eigenvalue weighted by molar-refractivity contribution is 0.0691. The summed E-state index contributed by atoms with van der Waals surface area (Å²) in [4.78, 5) is 14.7. The Bertz CT molecular complexity index is 580. The molecule has 0 amide bonds. The Kier molecular flexibility index (Phi) is 3.47. The fourth-order valence-electron chi connectivity index (χ4n) is 1.45. The average molecular weight is 264 g/mol. The van der Waals surface area contributed by atoms with Gasteiger partial charge in [-0.05, 0) is 30.7 Å². The molecule has 2 aromatic rings. The molecule has 1 aromatic heterocycles. The van der Waals surface area contributed by atoms with E-state index in [4.69, 9.17) is 9.84 Å². The number of methoxy groups -OCH3 is 1. The number of thiazole rings is 1. The van der Waals surface area contributed by atoms with E-state index in [1.165, 1.54) is 16.7 Å². The molecule has 1 aromatic carbocycles. The summed E-state index contributed by atoms with van der Waals surface area (Å²) in [6, 6.07) is 5.60. The van der Waals surface area contributed by atoms with Crippen molar-refractivity contribution in [3.05, 3.63) is 34.8 Å². The van der Waals surface area contributed by atoms with Crippen LogP contribution in [0.1, 0.15) is 16.1 Å². The van der Waals surface area contributed by atoms with Crippen LogP contribution in [0.3, 0.4) is 0 Å². The van der Waals surface area contributed by atoms with Gasteiger partial charge in [0.2, 0.25) is 0 Å². The molecule has 0 aliphatic rings. The molecule has 0 aliphatic heterocycles. The maximum absolute atomic E-state index is 10.7. The van der Waals surface area contributed by atoms with Crippen LogP contribution in [0.4, 0.5) is 10.8 Å². The SMILES string of the molecule is COc1ccc(Nc2nc(C(=O)O)cs2)c(C)c1. The Labute approximate surface area is 108 Å². The summed E-state index contributed by atoms with van der Waals surface area (Å²) in [5, 5.41) is 13.9. The molecule has 0 atom stereocenters. The van der Waals surface area contributed by atoms with Gasteiger partial charge in [0.1, 0.15) is 5.75 Å². The van der Waals surface area contributed by atoms with Crippen LogP contribution in [0, 0.1) is 6.92 Å². The van der Waals surface area contributed by atoms with Gasteiger partial charge in [0.15, 0.2) is 10.8 Å². The number of hydrogen-bond acceptors (Lipinski definition) is 5. The number of carboxylic acid groups (broad SMARTS) is 1. The molecule has 5 nitrogen and oxygen atoms in total. The van der Waals surface area contributed by atoms with Crippen LogP contribution >= 0.6 is 11.3 Å². The zero-order chi connectivity index (χ0) is 13.1. The summed E-state index contributed by atoms with van der Waals surface area (Å²) < 4.78 is 5.12. The number of anilines is 2. The molecule has 0 saturated carbocycles. The van der Waals surface area contributed by atoms with Crippen molar-refractivity contribution in [2.75, 3.05) is 12.4 Å². The molecule has 0 saturated heterocycles. The number of hydrogen-bond donors (Lipinski definition) is 2. The topological polar surface area (TPSA) is 71.5 Å². The Hall–Kier alpha value is -2.08. The second-order valence-electron chi connectivity index (χ2n) is 3.65. The first kappa shape index (κ1) is 12.4. The minimum atomic E-state index is -1.02. The van der Waals surface area contributed by atoms with Gasteiger partial charge in [-0.25, -0.2) is 9.78 Å². The lowest BCUT2D eigenvalue weighted by Crippen LogP contribution is -1.98. The van der Waals surface area contributed by atoms with Gasteiger partial charge in [0.05, 0.1) is 7.11 Å². The highest BCUT2D eigenvalue weighted by molar-refractivity contribution is 7.14. The van der Waals surface area contributed by atoms with Gasteiger partial charge in [0.25, 0.3) is 0 Å². The first-order chi connectivity index (χ1) is 8.60. The summed E-state index contributed by atoms with van der Waals surface area (Å²) in [7, 11) is 1.61. The lowest BCUT2D eigenvalue weighted by atomic mass is 10.2. The van der Waals surface area contributed by atoms with E-state index >= 15 is 0 Å². The smallest absolute Gasteiger partial charge is 0.355 e. The van der Waals surface area contributed by atoms with Crippen LogP contribution in [0.15, 0.2) is 23.6 Å². The van der Waals surface area contributed by atoms with Crippen LogP contribution in [-0.4, -0.2) is 23.2 Å². The van der Waals surface area contributed by atoms with E-state index in [0.717, 1.165) is 17.0 Å². The van der Waals surface area contributed by atoms with Crippen LogP contribution in [0.25, 0.3) is 0 Å². The standard InChI is InChI=1S/C12H12N2O3S/c1-7-5-8(17-2)3-4-9(7)13-12-14-10(6-18-12)11(15)16/h3-6H,1-2H3,(H,13,14)(H,15,16). The molecule has 0 radical (unpaired) electrons. The van der Waals surface area contributed by atoms with Crippen molar-refractivity contribution in [3.63, 3.8) is 0 Å². The van der Waals surface area contributed by atoms with Gasteiger partial charge in [-0.3, -0.25) is 0 Å². The molecular weight excluding hydrogens is 252 g/mol. The van der Waals surface area contributed by atoms with Crippen LogP contribution in [0.2, 0.25) is 0 Å². The van der Waals surface area contributed by atoms with E-state index in [9.17, 15) is 4.79 Å². The summed E-state index contributed by atoms with van der Waals surface area (Å²) in [5.41, 5.74) is 1.93. The van der Waals surface area contributed by atoms with E-state index in [0.29, 0.717) is 5.13 Å². The van der Waals surface area contributed by atoms with E-state index in [1.54, 1.807) is 7.11 Å². The zero-order valence-electron chi connectivity index (χ0n) is 9.93. The van der Waals surface area contributed by atoms with Crippen molar-refractivity contribution in [2.24, 2.45) is 0 Å². The van der Waals surface area contributed by atoms with Crippen molar-refractivity contribution in [1.29, 1.82) is 0 Å². The number of carboxylic acids is 1. The zero-order valence-corrected chi connectivity index (χ0v) is 10.7. The van der Waals surface area contributed by atoms with Gasteiger partial charge < -0.3 is 15.2 Å². The number of nitrogens with one attached hydrogen (secondary N) is 1. The van der Waals surface area contributed by atoms with E-state index in [2.05, 4.69) is 10.3 Å². The molecule has 2 rings (SSSR count). The summed E-state index contributed by atoms with van der Waals surface area (Å²) in [5.74, 6) is -0.242. The van der Waals surface area contributed by atoms with Crippen molar-refractivity contribution in [2.45, 2.75) is 6.92 Å². The minimum absolute atomic E-state index is 0.0497. The summed E-state index contributed by atoms with van der Waals surface area (Å²) >= 11 is 1.26. The molecule has 18 heavy (non-hydrogen) atoms. The number of rotatable bonds is 4. The lowest BCUT2D eigenvalue weighted by Gasteiger charge is -2.08. The molecule has 0 aliphatic carbocycles. The van der Waals surface area contributed by atoms with E-state index in [-0.39, 0.29) is 5.69 Å². The molecule has 1 heterocycles. The van der Waals surface area contributed by atoms with Gasteiger partial charge in [-0.15, -0.1) is 11.3 Å². The molecule has 2 N–H and O–H groups in total. The maximum atomic E-state index is 10.7. The number of ether oxygens (including phenoxy) is 1. The third-order valence-corrected chi connectivity index (χ3v) is 3.16. The Balaban J connectivity index is 2.20. The van der Waals surface area contributed by atoms with Gasteiger partial charge >= 0.3 is 5.97 Å². The van der Waals surface area contributed by atoms with Crippen LogP contribution in [0.5, 0.6) is 5.75 Å². The highest BCUT2D eigenvalue weighted by atomic mass is 32.1. The van der Waals surface area contributed by atoms with Crippen LogP contribution < -0.4 is 10.1 Å². The van der Waals surface area contributed by atoms with E-state index in [1.807, 2.05) is 25.1 Å². The number of benzene rings is 1. The Morgan fingerprint density at radius 2 is 2.28 bits per heavy atom. The molecule has 6 heteroatoms. The number of nitrogens with zero attached hydrogens (tertiary/aromatic N) is 1. The fraction of sp³-hybridized carbons (Fsp3) is 0.167. The van der Waals surface area contributed by atoms with Crippen molar-refractivity contribution < 1.29 is 14.6 Å². The predicted molar refractivity (Wildman–Crippen MR) is 70.1 cm³/mol. The van der Waals surface area contributed by atoms with Crippen LogP contribution in [-0.2, 0) is 0 Å².